The lowest BCUT2D eigenvalue weighted by molar-refractivity contribution is 0.589. The van der Waals surface area contributed by atoms with Crippen LogP contribution in [0.1, 0.15) is 18.4 Å². The Labute approximate surface area is 203 Å². The zero-order chi connectivity index (χ0) is 22.7. The molecule has 1 aromatic carbocycles. The summed E-state index contributed by atoms with van der Waals surface area (Å²) < 4.78 is 5.60. The van der Waals surface area contributed by atoms with Crippen LogP contribution in [0, 0.1) is 0 Å². The van der Waals surface area contributed by atoms with E-state index in [0.29, 0.717) is 12.5 Å². The van der Waals surface area contributed by atoms with Crippen LogP contribution in [0.3, 0.4) is 0 Å². The van der Waals surface area contributed by atoms with Crippen molar-refractivity contribution in [1.29, 1.82) is 0 Å². The zero-order valence-corrected chi connectivity index (χ0v) is 19.8. The van der Waals surface area contributed by atoms with Gasteiger partial charge in [0.05, 0.1) is 6.54 Å². The van der Waals surface area contributed by atoms with Crippen molar-refractivity contribution in [3.8, 4) is 0 Å². The molecule has 0 unspecified atom stereocenters. The van der Waals surface area contributed by atoms with Gasteiger partial charge in [0.25, 0.3) is 0 Å². The SMILES string of the molecule is c1cnc(NSC2CC2)c(Cn2ccc3cnc(Nc4ccc(N5CCNCC5)cc4)nc32)c1. The van der Waals surface area contributed by atoms with Crippen LogP contribution in [-0.4, -0.2) is 50.9 Å². The number of nitrogens with one attached hydrogen (secondary N) is 3. The zero-order valence-electron chi connectivity index (χ0n) is 18.9. The van der Waals surface area contributed by atoms with Gasteiger partial charge < -0.3 is 24.8 Å². The molecule has 4 heterocycles. The van der Waals surface area contributed by atoms with Crippen molar-refractivity contribution < 1.29 is 0 Å². The second-order valence-corrected chi connectivity index (χ2v) is 9.86. The van der Waals surface area contributed by atoms with Crippen LogP contribution in [0.4, 0.5) is 23.1 Å². The van der Waals surface area contributed by atoms with E-state index >= 15 is 0 Å². The second-order valence-electron chi connectivity index (χ2n) is 8.76. The highest BCUT2D eigenvalue weighted by atomic mass is 32.2. The van der Waals surface area contributed by atoms with E-state index in [-0.39, 0.29) is 0 Å². The Morgan fingerprint density at radius 3 is 2.71 bits per heavy atom. The fraction of sp³-hybridized carbons (Fsp3) is 0.320. The van der Waals surface area contributed by atoms with Gasteiger partial charge in [0.2, 0.25) is 5.95 Å². The number of anilines is 4. The first-order valence-corrected chi connectivity index (χ1v) is 12.7. The van der Waals surface area contributed by atoms with Crippen LogP contribution in [0.2, 0.25) is 0 Å². The van der Waals surface area contributed by atoms with Gasteiger partial charge in [0.1, 0.15) is 11.5 Å². The molecule has 1 aliphatic heterocycles. The molecule has 1 saturated carbocycles. The molecule has 1 aliphatic carbocycles. The molecular weight excluding hydrogens is 444 g/mol. The molecule has 2 aliphatic rings. The third kappa shape index (κ3) is 4.80. The quantitative estimate of drug-likeness (QED) is 0.328. The minimum Gasteiger partial charge on any atom is -0.369 e. The van der Waals surface area contributed by atoms with E-state index in [1.54, 1.807) is 11.9 Å². The monoisotopic (exact) mass is 472 g/mol. The van der Waals surface area contributed by atoms with Crippen molar-refractivity contribution in [2.45, 2.75) is 24.6 Å². The molecule has 3 N–H and O–H groups in total. The number of fused-ring (bicyclic) bond motifs is 1. The van der Waals surface area contributed by atoms with Gasteiger partial charge in [-0.05, 0) is 61.2 Å². The number of benzene rings is 1. The normalized spacial score (nSPS) is 16.1. The van der Waals surface area contributed by atoms with E-state index in [2.05, 4.69) is 77.4 Å². The Morgan fingerprint density at radius 2 is 1.88 bits per heavy atom. The summed E-state index contributed by atoms with van der Waals surface area (Å²) in [6.45, 7) is 4.83. The largest absolute Gasteiger partial charge is 0.369 e. The molecule has 8 nitrogen and oxygen atoms in total. The van der Waals surface area contributed by atoms with Crippen LogP contribution in [0.15, 0.2) is 61.1 Å². The average molecular weight is 473 g/mol. The fourth-order valence-electron chi connectivity index (χ4n) is 4.13. The van der Waals surface area contributed by atoms with E-state index in [1.807, 2.05) is 18.5 Å². The molecule has 3 aromatic heterocycles. The molecule has 0 amide bonds. The van der Waals surface area contributed by atoms with Gasteiger partial charge in [-0.15, -0.1) is 0 Å². The smallest absolute Gasteiger partial charge is 0.229 e. The number of hydrogen-bond donors (Lipinski definition) is 3. The molecule has 0 radical (unpaired) electrons. The highest BCUT2D eigenvalue weighted by Crippen LogP contribution is 2.34. The Bertz CT molecular complexity index is 1260. The van der Waals surface area contributed by atoms with Gasteiger partial charge in [-0.1, -0.05) is 6.07 Å². The topological polar surface area (TPSA) is 82.9 Å². The summed E-state index contributed by atoms with van der Waals surface area (Å²) in [4.78, 5) is 16.3. The molecule has 174 valence electrons. The summed E-state index contributed by atoms with van der Waals surface area (Å²) in [5.41, 5.74) is 4.27. The van der Waals surface area contributed by atoms with Gasteiger partial charge in [0.15, 0.2) is 0 Å². The predicted octanol–water partition coefficient (Wildman–Crippen LogP) is 4.25. The molecule has 1 saturated heterocycles. The van der Waals surface area contributed by atoms with Crippen molar-refractivity contribution in [1.82, 2.24) is 24.8 Å². The van der Waals surface area contributed by atoms with Crippen molar-refractivity contribution in [3.05, 3.63) is 66.6 Å². The van der Waals surface area contributed by atoms with Crippen molar-refractivity contribution in [2.75, 3.05) is 41.1 Å². The lowest BCUT2D eigenvalue weighted by atomic mass is 10.2. The molecule has 0 spiro atoms. The molecule has 9 heteroatoms. The summed E-state index contributed by atoms with van der Waals surface area (Å²) in [6.07, 6.45) is 8.35. The number of aromatic nitrogens is 4. The highest BCUT2D eigenvalue weighted by Gasteiger charge is 2.22. The van der Waals surface area contributed by atoms with Crippen LogP contribution in [0.25, 0.3) is 11.0 Å². The first-order valence-electron chi connectivity index (χ1n) is 11.8. The highest BCUT2D eigenvalue weighted by molar-refractivity contribution is 8.01. The predicted molar refractivity (Wildman–Crippen MR) is 140 cm³/mol. The van der Waals surface area contributed by atoms with Gasteiger partial charge in [-0.3, -0.25) is 0 Å². The first kappa shape index (κ1) is 21.2. The Kier molecular flexibility index (Phi) is 5.95. The van der Waals surface area contributed by atoms with E-state index in [0.717, 1.165) is 59.5 Å². The Balaban J connectivity index is 1.19. The maximum atomic E-state index is 4.83. The van der Waals surface area contributed by atoms with E-state index in [9.17, 15) is 0 Å². The van der Waals surface area contributed by atoms with E-state index < -0.39 is 0 Å². The Morgan fingerprint density at radius 1 is 1.03 bits per heavy atom. The molecular formula is C25H28N8S. The number of rotatable bonds is 8. The van der Waals surface area contributed by atoms with Crippen LogP contribution >= 0.6 is 11.9 Å². The fourth-order valence-corrected chi connectivity index (χ4v) is 4.97. The third-order valence-electron chi connectivity index (χ3n) is 6.19. The molecule has 34 heavy (non-hydrogen) atoms. The first-order chi connectivity index (χ1) is 16.8. The van der Waals surface area contributed by atoms with Crippen LogP contribution in [0.5, 0.6) is 0 Å². The van der Waals surface area contributed by atoms with Gasteiger partial charge in [0, 0.05) is 72.3 Å². The number of hydrogen-bond acceptors (Lipinski definition) is 8. The summed E-state index contributed by atoms with van der Waals surface area (Å²) in [5, 5.41) is 8.50. The summed E-state index contributed by atoms with van der Waals surface area (Å²) in [5.74, 6) is 1.52. The van der Waals surface area contributed by atoms with E-state index in [1.165, 1.54) is 18.5 Å². The molecule has 0 atom stereocenters. The summed E-state index contributed by atoms with van der Waals surface area (Å²) >= 11 is 1.78. The lowest BCUT2D eigenvalue weighted by Gasteiger charge is -2.29. The molecule has 2 fully saturated rings. The lowest BCUT2D eigenvalue weighted by Crippen LogP contribution is -2.43. The molecule has 4 aromatic rings. The number of piperazine rings is 1. The summed E-state index contributed by atoms with van der Waals surface area (Å²) in [7, 11) is 0. The van der Waals surface area contributed by atoms with Crippen LogP contribution in [-0.2, 0) is 6.54 Å². The van der Waals surface area contributed by atoms with Crippen molar-refractivity contribution in [2.24, 2.45) is 0 Å². The Hall–Kier alpha value is -3.30. The van der Waals surface area contributed by atoms with Crippen LogP contribution < -0.4 is 20.3 Å². The standard InChI is InChI=1S/C25H28N8S/c1-2-19(23(27-10-1)31-34-22-7-8-22)17-33-13-9-18-16-28-25(30-24(18)33)29-20-3-5-21(6-4-20)32-14-11-26-12-15-32/h1-6,9-10,13,16,22,26H,7-8,11-12,14-15,17H2,(H,27,31)(H,28,29,30). The minimum atomic E-state index is 0.594. The maximum absolute atomic E-state index is 4.83. The maximum Gasteiger partial charge on any atom is 0.229 e. The molecule has 0 bridgehead atoms. The van der Waals surface area contributed by atoms with Gasteiger partial charge in [-0.2, -0.15) is 4.98 Å². The van der Waals surface area contributed by atoms with Crippen molar-refractivity contribution in [3.63, 3.8) is 0 Å². The number of pyridine rings is 1. The minimum absolute atomic E-state index is 0.594. The van der Waals surface area contributed by atoms with E-state index in [4.69, 9.17) is 4.98 Å². The number of nitrogens with zero attached hydrogens (tertiary/aromatic N) is 5. The third-order valence-corrected chi connectivity index (χ3v) is 7.30. The van der Waals surface area contributed by atoms with Crippen molar-refractivity contribution >= 4 is 46.1 Å². The average Bonchev–Trinajstić information content (AvgIpc) is 3.64. The summed E-state index contributed by atoms with van der Waals surface area (Å²) in [6, 6.07) is 14.7. The van der Waals surface area contributed by atoms with Gasteiger partial charge >= 0.3 is 0 Å². The second kappa shape index (κ2) is 9.52. The molecule has 6 rings (SSSR count). The van der Waals surface area contributed by atoms with Gasteiger partial charge in [-0.25, -0.2) is 9.97 Å².